The van der Waals surface area contributed by atoms with Crippen molar-refractivity contribution in [3.8, 4) is 0 Å². The summed E-state index contributed by atoms with van der Waals surface area (Å²) in [6.45, 7) is 2.76. The Bertz CT molecular complexity index is 653. The molecule has 110 valence electrons. The summed E-state index contributed by atoms with van der Waals surface area (Å²) < 4.78 is 1.08. The predicted molar refractivity (Wildman–Crippen MR) is 89.9 cm³/mol. The van der Waals surface area contributed by atoms with Gasteiger partial charge in [-0.3, -0.25) is 0 Å². The fraction of sp³-hybridized carbons (Fsp3) is 0.188. The van der Waals surface area contributed by atoms with E-state index in [-0.39, 0.29) is 5.84 Å². The second-order valence-corrected chi connectivity index (χ2v) is 5.88. The molecule has 0 aliphatic carbocycles. The van der Waals surface area contributed by atoms with Crippen molar-refractivity contribution in [1.82, 2.24) is 0 Å². The van der Waals surface area contributed by atoms with E-state index in [1.165, 1.54) is 5.56 Å². The highest BCUT2D eigenvalue weighted by atomic mass is 79.9. The fourth-order valence-corrected chi connectivity index (χ4v) is 2.45. The lowest BCUT2D eigenvalue weighted by molar-refractivity contribution is 0.318. The molecular formula is C16H18BrN3O. The molecule has 0 spiro atoms. The van der Waals surface area contributed by atoms with Crippen molar-refractivity contribution in [2.24, 2.45) is 10.9 Å². The SMILES string of the molecule is Cc1cc(N(C)Cc2ccc(Br)cc2)ccc1/C(N)=N/O. The second kappa shape index (κ2) is 6.63. The molecule has 0 fully saturated rings. The number of anilines is 1. The van der Waals surface area contributed by atoms with Crippen LogP contribution in [0.1, 0.15) is 16.7 Å². The first kappa shape index (κ1) is 15.4. The number of hydrogen-bond donors (Lipinski definition) is 2. The summed E-state index contributed by atoms with van der Waals surface area (Å²) in [6, 6.07) is 14.1. The topological polar surface area (TPSA) is 61.8 Å². The molecule has 0 saturated heterocycles. The van der Waals surface area contributed by atoms with Crippen LogP contribution < -0.4 is 10.6 Å². The molecule has 0 aliphatic heterocycles. The lowest BCUT2D eigenvalue weighted by atomic mass is 10.1. The maximum Gasteiger partial charge on any atom is 0.170 e. The molecule has 0 bridgehead atoms. The normalized spacial score (nSPS) is 11.5. The minimum Gasteiger partial charge on any atom is -0.409 e. The van der Waals surface area contributed by atoms with E-state index in [0.29, 0.717) is 0 Å². The predicted octanol–water partition coefficient (Wildman–Crippen LogP) is 3.49. The number of nitrogens with two attached hydrogens (primary N) is 1. The largest absolute Gasteiger partial charge is 0.409 e. The Kier molecular flexibility index (Phi) is 4.85. The molecule has 4 nitrogen and oxygen atoms in total. The molecule has 0 unspecified atom stereocenters. The Morgan fingerprint density at radius 3 is 2.48 bits per heavy atom. The van der Waals surface area contributed by atoms with Gasteiger partial charge in [-0.05, 0) is 48.4 Å². The lowest BCUT2D eigenvalue weighted by Crippen LogP contribution is -2.18. The second-order valence-electron chi connectivity index (χ2n) is 4.97. The molecule has 0 radical (unpaired) electrons. The average molecular weight is 348 g/mol. The van der Waals surface area contributed by atoms with Crippen molar-refractivity contribution < 1.29 is 5.21 Å². The first-order chi connectivity index (χ1) is 10.0. The van der Waals surface area contributed by atoms with Gasteiger partial charge in [0.1, 0.15) is 0 Å². The Morgan fingerprint density at radius 2 is 1.90 bits per heavy atom. The van der Waals surface area contributed by atoms with Gasteiger partial charge in [0, 0.05) is 29.3 Å². The minimum absolute atomic E-state index is 0.134. The Morgan fingerprint density at radius 1 is 1.24 bits per heavy atom. The summed E-state index contributed by atoms with van der Waals surface area (Å²) in [5, 5.41) is 11.8. The number of rotatable bonds is 4. The van der Waals surface area contributed by atoms with Gasteiger partial charge in [0.15, 0.2) is 5.84 Å². The molecule has 2 aromatic rings. The van der Waals surface area contributed by atoms with Crippen LogP contribution in [0.15, 0.2) is 52.1 Å². The van der Waals surface area contributed by atoms with E-state index >= 15 is 0 Å². The third-order valence-corrected chi connectivity index (χ3v) is 3.90. The number of hydrogen-bond acceptors (Lipinski definition) is 3. The maximum atomic E-state index is 8.76. The van der Waals surface area contributed by atoms with Gasteiger partial charge in [-0.15, -0.1) is 0 Å². The minimum atomic E-state index is 0.134. The van der Waals surface area contributed by atoms with Crippen LogP contribution >= 0.6 is 15.9 Å². The Labute approximate surface area is 133 Å². The summed E-state index contributed by atoms with van der Waals surface area (Å²) in [5.41, 5.74) is 9.69. The van der Waals surface area contributed by atoms with E-state index < -0.39 is 0 Å². The van der Waals surface area contributed by atoms with Crippen molar-refractivity contribution in [1.29, 1.82) is 0 Å². The Balaban J connectivity index is 2.18. The highest BCUT2D eigenvalue weighted by Crippen LogP contribution is 2.20. The number of halogens is 1. The summed E-state index contributed by atoms with van der Waals surface area (Å²) in [5.74, 6) is 0.134. The smallest absolute Gasteiger partial charge is 0.170 e. The van der Waals surface area contributed by atoms with Gasteiger partial charge < -0.3 is 15.8 Å². The van der Waals surface area contributed by atoms with Crippen LogP contribution in [0.2, 0.25) is 0 Å². The van der Waals surface area contributed by atoms with Crippen LogP contribution in [0.3, 0.4) is 0 Å². The molecule has 3 N–H and O–H groups in total. The molecule has 5 heteroatoms. The summed E-state index contributed by atoms with van der Waals surface area (Å²) in [4.78, 5) is 2.16. The highest BCUT2D eigenvalue weighted by molar-refractivity contribution is 9.10. The lowest BCUT2D eigenvalue weighted by Gasteiger charge is -2.20. The van der Waals surface area contributed by atoms with Gasteiger partial charge in [-0.25, -0.2) is 0 Å². The summed E-state index contributed by atoms with van der Waals surface area (Å²) in [6.07, 6.45) is 0. The number of amidine groups is 1. The molecule has 0 aliphatic rings. The van der Waals surface area contributed by atoms with Gasteiger partial charge in [0.2, 0.25) is 0 Å². The van der Waals surface area contributed by atoms with Gasteiger partial charge >= 0.3 is 0 Å². The quantitative estimate of drug-likeness (QED) is 0.385. The van der Waals surface area contributed by atoms with Gasteiger partial charge in [-0.1, -0.05) is 33.2 Å². The van der Waals surface area contributed by atoms with Crippen LogP contribution in [0, 0.1) is 6.92 Å². The zero-order chi connectivity index (χ0) is 15.4. The number of oxime groups is 1. The summed E-state index contributed by atoms with van der Waals surface area (Å²) in [7, 11) is 2.04. The number of nitrogens with zero attached hydrogens (tertiary/aromatic N) is 2. The van der Waals surface area contributed by atoms with Crippen LogP contribution in [0.5, 0.6) is 0 Å². The Hall–Kier alpha value is -2.01. The van der Waals surface area contributed by atoms with Crippen LogP contribution in [-0.2, 0) is 6.54 Å². The molecular weight excluding hydrogens is 330 g/mol. The van der Waals surface area contributed by atoms with E-state index in [0.717, 1.165) is 27.8 Å². The molecule has 0 amide bonds. The van der Waals surface area contributed by atoms with Gasteiger partial charge in [0.05, 0.1) is 0 Å². The van der Waals surface area contributed by atoms with Crippen molar-refractivity contribution in [3.05, 3.63) is 63.6 Å². The van der Waals surface area contributed by atoms with Crippen LogP contribution in [0.25, 0.3) is 0 Å². The van der Waals surface area contributed by atoms with Crippen LogP contribution in [0.4, 0.5) is 5.69 Å². The van der Waals surface area contributed by atoms with E-state index in [1.54, 1.807) is 0 Å². The van der Waals surface area contributed by atoms with E-state index in [9.17, 15) is 0 Å². The first-order valence-corrected chi connectivity index (χ1v) is 7.34. The fourth-order valence-electron chi connectivity index (χ4n) is 2.18. The average Bonchev–Trinajstić information content (AvgIpc) is 2.48. The zero-order valence-corrected chi connectivity index (χ0v) is 13.6. The molecule has 2 rings (SSSR count). The molecule has 21 heavy (non-hydrogen) atoms. The maximum absolute atomic E-state index is 8.76. The van der Waals surface area contributed by atoms with Gasteiger partial charge in [0.25, 0.3) is 0 Å². The van der Waals surface area contributed by atoms with Crippen molar-refractivity contribution >= 4 is 27.5 Å². The monoisotopic (exact) mass is 347 g/mol. The van der Waals surface area contributed by atoms with Crippen molar-refractivity contribution in [3.63, 3.8) is 0 Å². The van der Waals surface area contributed by atoms with Crippen molar-refractivity contribution in [2.75, 3.05) is 11.9 Å². The van der Waals surface area contributed by atoms with E-state index in [1.807, 2.05) is 44.3 Å². The molecule has 0 heterocycles. The number of benzene rings is 2. The van der Waals surface area contributed by atoms with Gasteiger partial charge in [-0.2, -0.15) is 0 Å². The molecule has 2 aromatic carbocycles. The first-order valence-electron chi connectivity index (χ1n) is 6.55. The third-order valence-electron chi connectivity index (χ3n) is 3.37. The van der Waals surface area contributed by atoms with E-state index in [2.05, 4.69) is 38.1 Å². The van der Waals surface area contributed by atoms with E-state index in [4.69, 9.17) is 10.9 Å². The highest BCUT2D eigenvalue weighted by Gasteiger charge is 2.07. The molecule has 0 atom stereocenters. The zero-order valence-electron chi connectivity index (χ0n) is 12.0. The van der Waals surface area contributed by atoms with Crippen molar-refractivity contribution in [2.45, 2.75) is 13.5 Å². The summed E-state index contributed by atoms with van der Waals surface area (Å²) >= 11 is 3.44. The van der Waals surface area contributed by atoms with Crippen LogP contribution in [-0.4, -0.2) is 18.1 Å². The number of aryl methyl sites for hydroxylation is 1. The molecule has 0 saturated carbocycles. The standard InChI is InChI=1S/C16H18BrN3O/c1-11-9-14(7-8-15(11)16(18)19-21)20(2)10-12-3-5-13(17)6-4-12/h3-9,21H,10H2,1-2H3,(H2,18,19). The molecule has 0 aromatic heterocycles. The third kappa shape index (κ3) is 3.76.